The van der Waals surface area contributed by atoms with Crippen LogP contribution in [-0.2, 0) is 0 Å². The second-order valence-electron chi connectivity index (χ2n) is 5.22. The molecule has 0 saturated heterocycles. The van der Waals surface area contributed by atoms with Crippen molar-refractivity contribution in [1.29, 1.82) is 0 Å². The SMILES string of the molecule is Cc1ccccc1Nc1cccc2sc3ccccc3c12. The third-order valence-corrected chi connectivity index (χ3v) is 4.95. The minimum Gasteiger partial charge on any atom is -0.355 e. The van der Waals surface area contributed by atoms with Crippen LogP contribution in [0.5, 0.6) is 0 Å². The summed E-state index contributed by atoms with van der Waals surface area (Å²) < 4.78 is 2.67. The number of para-hydroxylation sites is 1. The van der Waals surface area contributed by atoms with Gasteiger partial charge >= 0.3 is 0 Å². The van der Waals surface area contributed by atoms with Crippen LogP contribution in [0.3, 0.4) is 0 Å². The second kappa shape index (κ2) is 4.90. The van der Waals surface area contributed by atoms with Crippen molar-refractivity contribution in [2.75, 3.05) is 5.32 Å². The van der Waals surface area contributed by atoms with Gasteiger partial charge in [-0.2, -0.15) is 0 Å². The lowest BCUT2D eigenvalue weighted by molar-refractivity contribution is 1.44. The summed E-state index contributed by atoms with van der Waals surface area (Å²) in [5.41, 5.74) is 3.61. The van der Waals surface area contributed by atoms with E-state index in [9.17, 15) is 0 Å². The molecule has 0 atom stereocenters. The Labute approximate surface area is 127 Å². The van der Waals surface area contributed by atoms with Crippen LogP contribution in [-0.4, -0.2) is 0 Å². The zero-order valence-corrected chi connectivity index (χ0v) is 12.6. The number of fused-ring (bicyclic) bond motifs is 3. The number of benzene rings is 3. The topological polar surface area (TPSA) is 12.0 Å². The maximum atomic E-state index is 3.60. The highest BCUT2D eigenvalue weighted by Crippen LogP contribution is 2.39. The predicted molar refractivity (Wildman–Crippen MR) is 93.8 cm³/mol. The minimum absolute atomic E-state index is 1.17. The van der Waals surface area contributed by atoms with Gasteiger partial charge in [0.25, 0.3) is 0 Å². The van der Waals surface area contributed by atoms with Gasteiger partial charge in [-0.1, -0.05) is 42.5 Å². The number of nitrogens with one attached hydrogen (secondary N) is 1. The average molecular weight is 289 g/mol. The fourth-order valence-corrected chi connectivity index (χ4v) is 3.87. The Morgan fingerprint density at radius 2 is 1.43 bits per heavy atom. The first-order chi connectivity index (χ1) is 10.3. The maximum absolute atomic E-state index is 3.60. The first-order valence-corrected chi connectivity index (χ1v) is 7.87. The molecule has 102 valence electrons. The van der Waals surface area contributed by atoms with Crippen molar-refractivity contribution < 1.29 is 0 Å². The van der Waals surface area contributed by atoms with Gasteiger partial charge in [-0.15, -0.1) is 11.3 Å². The molecule has 1 N–H and O–H groups in total. The third-order valence-electron chi connectivity index (χ3n) is 3.82. The molecule has 0 bridgehead atoms. The molecule has 0 aliphatic carbocycles. The maximum Gasteiger partial charge on any atom is 0.0478 e. The minimum atomic E-state index is 1.17. The zero-order valence-electron chi connectivity index (χ0n) is 11.8. The molecule has 3 aromatic carbocycles. The quantitative estimate of drug-likeness (QED) is 0.469. The molecule has 0 unspecified atom stereocenters. The van der Waals surface area contributed by atoms with Crippen LogP contribution in [0.1, 0.15) is 5.56 Å². The van der Waals surface area contributed by atoms with Crippen molar-refractivity contribution in [3.8, 4) is 0 Å². The second-order valence-corrected chi connectivity index (χ2v) is 6.30. The molecule has 0 saturated carbocycles. The number of anilines is 2. The van der Waals surface area contributed by atoms with E-state index in [4.69, 9.17) is 0 Å². The van der Waals surface area contributed by atoms with Crippen LogP contribution in [0.15, 0.2) is 66.7 Å². The van der Waals surface area contributed by atoms with E-state index in [-0.39, 0.29) is 0 Å². The van der Waals surface area contributed by atoms with Crippen molar-refractivity contribution in [2.45, 2.75) is 6.92 Å². The molecule has 0 aliphatic rings. The van der Waals surface area contributed by atoms with Crippen LogP contribution < -0.4 is 5.32 Å². The smallest absolute Gasteiger partial charge is 0.0478 e. The van der Waals surface area contributed by atoms with E-state index in [0.29, 0.717) is 0 Å². The van der Waals surface area contributed by atoms with E-state index >= 15 is 0 Å². The highest BCUT2D eigenvalue weighted by atomic mass is 32.1. The van der Waals surface area contributed by atoms with Gasteiger partial charge in [-0.3, -0.25) is 0 Å². The van der Waals surface area contributed by atoms with Gasteiger partial charge in [0.05, 0.1) is 0 Å². The summed E-state index contributed by atoms with van der Waals surface area (Å²) in [5.74, 6) is 0. The van der Waals surface area contributed by atoms with E-state index in [1.165, 1.54) is 37.1 Å². The van der Waals surface area contributed by atoms with Crippen LogP contribution >= 0.6 is 11.3 Å². The highest BCUT2D eigenvalue weighted by molar-refractivity contribution is 7.25. The average Bonchev–Trinajstić information content (AvgIpc) is 2.89. The molecule has 1 nitrogen and oxygen atoms in total. The summed E-state index contributed by atoms with van der Waals surface area (Å²) in [5, 5.41) is 6.25. The lowest BCUT2D eigenvalue weighted by Crippen LogP contribution is -1.92. The summed E-state index contributed by atoms with van der Waals surface area (Å²) in [6, 6.07) is 23.5. The first kappa shape index (κ1) is 12.4. The normalized spacial score (nSPS) is 11.1. The number of hydrogen-bond donors (Lipinski definition) is 1. The van der Waals surface area contributed by atoms with Crippen LogP contribution in [0.4, 0.5) is 11.4 Å². The molecule has 21 heavy (non-hydrogen) atoms. The Bertz CT molecular complexity index is 937. The molecule has 4 rings (SSSR count). The summed E-state index contributed by atoms with van der Waals surface area (Å²) in [6.45, 7) is 2.13. The largest absolute Gasteiger partial charge is 0.355 e. The Morgan fingerprint density at radius 1 is 0.714 bits per heavy atom. The Morgan fingerprint density at radius 3 is 2.33 bits per heavy atom. The van der Waals surface area contributed by atoms with Crippen LogP contribution in [0, 0.1) is 6.92 Å². The first-order valence-electron chi connectivity index (χ1n) is 7.06. The van der Waals surface area contributed by atoms with Gasteiger partial charge in [0.2, 0.25) is 0 Å². The van der Waals surface area contributed by atoms with Crippen molar-refractivity contribution >= 4 is 42.9 Å². The summed E-state index contributed by atoms with van der Waals surface area (Å²) in [4.78, 5) is 0. The van der Waals surface area contributed by atoms with Crippen LogP contribution in [0.25, 0.3) is 20.2 Å². The molecular weight excluding hydrogens is 274 g/mol. The molecule has 4 aromatic rings. The van der Waals surface area contributed by atoms with Gasteiger partial charge in [0.1, 0.15) is 0 Å². The fraction of sp³-hybridized carbons (Fsp3) is 0.0526. The highest BCUT2D eigenvalue weighted by Gasteiger charge is 2.09. The molecular formula is C19H15NS. The van der Waals surface area contributed by atoms with Gasteiger partial charge in [-0.25, -0.2) is 0 Å². The van der Waals surface area contributed by atoms with Gasteiger partial charge < -0.3 is 5.32 Å². The number of hydrogen-bond acceptors (Lipinski definition) is 2. The van der Waals surface area contributed by atoms with Gasteiger partial charge in [0, 0.05) is 31.5 Å². The summed E-state index contributed by atoms with van der Waals surface area (Å²) in [6.07, 6.45) is 0. The van der Waals surface area contributed by atoms with Gasteiger partial charge in [0.15, 0.2) is 0 Å². The fourth-order valence-electron chi connectivity index (χ4n) is 2.74. The molecule has 0 spiro atoms. The molecule has 1 heterocycles. The monoisotopic (exact) mass is 289 g/mol. The standard InChI is InChI=1S/C19H15NS/c1-13-7-2-4-9-15(13)20-16-10-6-12-18-19(16)14-8-3-5-11-17(14)21-18/h2-12,20H,1H3. The lowest BCUT2D eigenvalue weighted by atomic mass is 10.1. The van der Waals surface area contributed by atoms with Crippen molar-refractivity contribution in [3.63, 3.8) is 0 Å². The molecule has 1 aromatic heterocycles. The van der Waals surface area contributed by atoms with E-state index in [1.807, 2.05) is 11.3 Å². The van der Waals surface area contributed by atoms with Crippen molar-refractivity contribution in [1.82, 2.24) is 0 Å². The molecule has 0 radical (unpaired) electrons. The number of aryl methyl sites for hydroxylation is 1. The Hall–Kier alpha value is -2.32. The van der Waals surface area contributed by atoms with Crippen molar-refractivity contribution in [2.24, 2.45) is 0 Å². The molecule has 0 amide bonds. The Balaban J connectivity index is 1.94. The number of rotatable bonds is 2. The van der Waals surface area contributed by atoms with Gasteiger partial charge in [-0.05, 0) is 36.8 Å². The molecule has 2 heteroatoms. The third kappa shape index (κ3) is 2.08. The van der Waals surface area contributed by atoms with E-state index < -0.39 is 0 Å². The summed E-state index contributed by atoms with van der Waals surface area (Å²) in [7, 11) is 0. The van der Waals surface area contributed by atoms with E-state index in [2.05, 4.69) is 79.0 Å². The zero-order chi connectivity index (χ0) is 14.2. The molecule has 0 fully saturated rings. The number of thiophene rings is 1. The molecule has 0 aliphatic heterocycles. The predicted octanol–water partition coefficient (Wildman–Crippen LogP) is 6.11. The Kier molecular flexibility index (Phi) is 2.90. The van der Waals surface area contributed by atoms with E-state index in [0.717, 1.165) is 0 Å². The lowest BCUT2D eigenvalue weighted by Gasteiger charge is -2.10. The van der Waals surface area contributed by atoms with Crippen molar-refractivity contribution in [3.05, 3.63) is 72.3 Å². The van der Waals surface area contributed by atoms with E-state index in [1.54, 1.807) is 0 Å². The van der Waals surface area contributed by atoms with Crippen LogP contribution in [0.2, 0.25) is 0 Å². The summed E-state index contributed by atoms with van der Waals surface area (Å²) >= 11 is 1.85.